The summed E-state index contributed by atoms with van der Waals surface area (Å²) in [5.41, 5.74) is 2.97. The van der Waals surface area contributed by atoms with Crippen LogP contribution in [0.2, 0.25) is 0 Å². The van der Waals surface area contributed by atoms with E-state index in [-0.39, 0.29) is 22.8 Å². The normalized spacial score (nSPS) is 13.5. The van der Waals surface area contributed by atoms with Crippen molar-refractivity contribution < 1.29 is 18.3 Å². The summed E-state index contributed by atoms with van der Waals surface area (Å²) >= 11 is 0. The summed E-state index contributed by atoms with van der Waals surface area (Å²) in [6, 6.07) is 13.1. The zero-order chi connectivity index (χ0) is 21.9. The average molecular weight is 431 g/mol. The van der Waals surface area contributed by atoms with Gasteiger partial charge in [-0.25, -0.2) is 8.42 Å². The van der Waals surface area contributed by atoms with E-state index >= 15 is 0 Å². The summed E-state index contributed by atoms with van der Waals surface area (Å²) in [6.45, 7) is 6.37. The summed E-state index contributed by atoms with van der Waals surface area (Å²) in [5, 5.41) is 15.0. The molecule has 0 saturated heterocycles. The number of sulfone groups is 1. The van der Waals surface area contributed by atoms with Gasteiger partial charge >= 0.3 is 0 Å². The first-order valence-electron chi connectivity index (χ1n) is 9.97. The Kier molecular flexibility index (Phi) is 6.55. The highest BCUT2D eigenvalue weighted by atomic mass is 32.2. The van der Waals surface area contributed by atoms with E-state index < -0.39 is 15.9 Å². The molecule has 2 aromatic carbocycles. The first-order chi connectivity index (χ1) is 14.0. The molecular weight excluding hydrogens is 400 g/mol. The Balaban J connectivity index is 1.58. The zero-order valence-corrected chi connectivity index (χ0v) is 18.7. The highest BCUT2D eigenvalue weighted by Crippen LogP contribution is 2.25. The number of aromatic amines is 1. The summed E-state index contributed by atoms with van der Waals surface area (Å²) in [6.07, 6.45) is 3.19. The number of aliphatic hydroxyl groups is 1. The number of hydrogen-bond acceptors (Lipinski definition) is 5. The molecule has 3 aromatic rings. The molecule has 0 fully saturated rings. The predicted octanol–water partition coefficient (Wildman–Crippen LogP) is 3.23. The third-order valence-corrected chi connectivity index (χ3v) is 6.19. The van der Waals surface area contributed by atoms with E-state index in [4.69, 9.17) is 4.74 Å². The minimum Gasteiger partial charge on any atom is -0.489 e. The molecule has 1 heterocycles. The smallest absolute Gasteiger partial charge is 0.179 e. The largest absolute Gasteiger partial charge is 0.489 e. The van der Waals surface area contributed by atoms with Gasteiger partial charge in [0.25, 0.3) is 0 Å². The molecule has 0 aliphatic carbocycles. The number of β-amino-alcohol motifs (C(OH)–C–C–N with tert-alkyl or cyclic N) is 1. The van der Waals surface area contributed by atoms with Gasteiger partial charge in [-0.15, -0.1) is 0 Å². The van der Waals surface area contributed by atoms with E-state index in [1.807, 2.05) is 25.3 Å². The molecule has 1 atom stereocenters. The molecule has 1 unspecified atom stereocenters. The number of benzene rings is 2. The van der Waals surface area contributed by atoms with Crippen LogP contribution in [0.4, 0.5) is 0 Å². The minimum absolute atomic E-state index is 0.00212. The predicted molar refractivity (Wildman–Crippen MR) is 120 cm³/mol. The van der Waals surface area contributed by atoms with Gasteiger partial charge in [-0.3, -0.25) is 0 Å². The number of rotatable bonds is 9. The Morgan fingerprint density at radius 3 is 2.67 bits per heavy atom. The van der Waals surface area contributed by atoms with Gasteiger partial charge in [0.05, 0.1) is 0 Å². The quantitative estimate of drug-likeness (QED) is 0.485. The van der Waals surface area contributed by atoms with E-state index in [0.29, 0.717) is 6.54 Å². The molecule has 0 saturated carbocycles. The second kappa shape index (κ2) is 8.79. The van der Waals surface area contributed by atoms with Crippen LogP contribution in [0.25, 0.3) is 10.9 Å². The Hall–Kier alpha value is -2.35. The molecule has 162 valence electrons. The molecule has 3 N–H and O–H groups in total. The van der Waals surface area contributed by atoms with Crippen molar-refractivity contribution in [2.75, 3.05) is 19.4 Å². The van der Waals surface area contributed by atoms with Crippen molar-refractivity contribution in [1.29, 1.82) is 0 Å². The molecule has 7 heteroatoms. The summed E-state index contributed by atoms with van der Waals surface area (Å²) < 4.78 is 29.6. The zero-order valence-electron chi connectivity index (χ0n) is 17.9. The van der Waals surface area contributed by atoms with E-state index in [1.165, 1.54) is 17.0 Å². The third kappa shape index (κ3) is 5.62. The van der Waals surface area contributed by atoms with Gasteiger partial charge in [0.1, 0.15) is 23.4 Å². The molecule has 6 nitrogen and oxygen atoms in total. The van der Waals surface area contributed by atoms with Crippen LogP contribution in [0.15, 0.2) is 53.6 Å². The van der Waals surface area contributed by atoms with Gasteiger partial charge in [-0.1, -0.05) is 24.3 Å². The fraction of sp³-hybridized carbons (Fsp3) is 0.391. The van der Waals surface area contributed by atoms with Crippen molar-refractivity contribution in [2.24, 2.45) is 0 Å². The number of aryl methyl sites for hydroxylation is 1. The second-order valence-corrected chi connectivity index (χ2v) is 10.5. The van der Waals surface area contributed by atoms with Gasteiger partial charge < -0.3 is 20.1 Å². The SMILES string of the molecule is Cc1ccc(S(C)(=O)=O)c(OCC(O)CNC(C)(C)Cc2c[nH]c3ccccc23)c1. The number of hydrogen-bond donors (Lipinski definition) is 3. The fourth-order valence-corrected chi connectivity index (χ4v) is 4.29. The molecule has 0 radical (unpaired) electrons. The van der Waals surface area contributed by atoms with Crippen LogP contribution in [-0.2, 0) is 16.3 Å². The maximum atomic E-state index is 12.0. The van der Waals surface area contributed by atoms with Crippen LogP contribution in [0.5, 0.6) is 5.75 Å². The Morgan fingerprint density at radius 1 is 1.20 bits per heavy atom. The molecule has 0 aliphatic rings. The first-order valence-corrected chi connectivity index (χ1v) is 11.9. The number of nitrogens with one attached hydrogen (secondary N) is 2. The monoisotopic (exact) mass is 430 g/mol. The molecule has 0 bridgehead atoms. The van der Waals surface area contributed by atoms with Crippen molar-refractivity contribution in [1.82, 2.24) is 10.3 Å². The number of aromatic nitrogens is 1. The maximum Gasteiger partial charge on any atom is 0.179 e. The lowest BCUT2D eigenvalue weighted by molar-refractivity contribution is 0.0974. The second-order valence-electron chi connectivity index (χ2n) is 8.49. The van der Waals surface area contributed by atoms with Crippen molar-refractivity contribution in [2.45, 2.75) is 43.7 Å². The highest BCUT2D eigenvalue weighted by molar-refractivity contribution is 7.90. The molecule has 0 amide bonds. The van der Waals surface area contributed by atoms with E-state index in [2.05, 4.69) is 36.3 Å². The Labute approximate surface area is 178 Å². The summed E-state index contributed by atoms with van der Waals surface area (Å²) in [7, 11) is -3.41. The molecule has 0 aliphatic heterocycles. The fourth-order valence-electron chi connectivity index (χ4n) is 3.49. The molecule has 3 rings (SSSR count). The highest BCUT2D eigenvalue weighted by Gasteiger charge is 2.22. The van der Waals surface area contributed by atoms with Gasteiger partial charge in [-0.2, -0.15) is 0 Å². The van der Waals surface area contributed by atoms with Crippen LogP contribution in [0, 0.1) is 6.92 Å². The molecule has 0 spiro atoms. The van der Waals surface area contributed by atoms with Crippen LogP contribution >= 0.6 is 0 Å². The van der Waals surface area contributed by atoms with Crippen molar-refractivity contribution in [3.05, 3.63) is 59.8 Å². The molecule has 1 aromatic heterocycles. The number of fused-ring (bicyclic) bond motifs is 1. The van der Waals surface area contributed by atoms with Crippen LogP contribution < -0.4 is 10.1 Å². The molecule has 30 heavy (non-hydrogen) atoms. The van der Waals surface area contributed by atoms with Gasteiger partial charge in [-0.05, 0) is 56.5 Å². The average Bonchev–Trinajstić information content (AvgIpc) is 3.06. The van der Waals surface area contributed by atoms with E-state index in [0.717, 1.165) is 23.8 Å². The van der Waals surface area contributed by atoms with E-state index in [1.54, 1.807) is 12.1 Å². The first kappa shape index (κ1) is 22.3. The van der Waals surface area contributed by atoms with Gasteiger partial charge in [0, 0.05) is 35.4 Å². The van der Waals surface area contributed by atoms with Gasteiger partial charge in [0.15, 0.2) is 9.84 Å². The maximum absolute atomic E-state index is 12.0. The van der Waals surface area contributed by atoms with Crippen LogP contribution in [0.3, 0.4) is 0 Å². The summed E-state index contributed by atoms with van der Waals surface area (Å²) in [5.74, 6) is 0.273. The number of H-pyrrole nitrogens is 1. The number of para-hydroxylation sites is 1. The van der Waals surface area contributed by atoms with Crippen molar-refractivity contribution >= 4 is 20.7 Å². The summed E-state index contributed by atoms with van der Waals surface area (Å²) in [4.78, 5) is 3.42. The van der Waals surface area contributed by atoms with Crippen molar-refractivity contribution in [3.8, 4) is 5.75 Å². The van der Waals surface area contributed by atoms with E-state index in [9.17, 15) is 13.5 Å². The van der Waals surface area contributed by atoms with Crippen molar-refractivity contribution in [3.63, 3.8) is 0 Å². The number of ether oxygens (including phenoxy) is 1. The minimum atomic E-state index is -3.41. The van der Waals surface area contributed by atoms with Gasteiger partial charge in [0.2, 0.25) is 0 Å². The lowest BCUT2D eigenvalue weighted by Gasteiger charge is -2.28. The standard InChI is InChI=1S/C23H30N2O4S/c1-16-9-10-22(30(4,27)28)21(11-16)29-15-18(26)14-25-23(2,3)12-17-13-24-20-8-6-5-7-19(17)20/h5-11,13,18,24-26H,12,14-15H2,1-4H3. The topological polar surface area (TPSA) is 91.4 Å². The number of aliphatic hydroxyl groups excluding tert-OH is 1. The third-order valence-electron chi connectivity index (χ3n) is 5.05. The lowest BCUT2D eigenvalue weighted by Crippen LogP contribution is -2.46. The Morgan fingerprint density at radius 2 is 1.93 bits per heavy atom. The lowest BCUT2D eigenvalue weighted by atomic mass is 9.94. The van der Waals surface area contributed by atoms with Crippen LogP contribution in [-0.4, -0.2) is 49.6 Å². The Bertz CT molecular complexity index is 1120. The molecular formula is C23H30N2O4S. The van der Waals surface area contributed by atoms with Crippen LogP contribution in [0.1, 0.15) is 25.0 Å².